The zero-order chi connectivity index (χ0) is 13.9. The Morgan fingerprint density at radius 3 is 1.94 bits per heavy atom. The molecule has 102 valence electrons. The van der Waals surface area contributed by atoms with Crippen LogP contribution in [0.4, 0.5) is 5.95 Å². The molecule has 0 bridgehead atoms. The van der Waals surface area contributed by atoms with Crippen LogP contribution in [0.25, 0.3) is 0 Å². The minimum Gasteiger partial charge on any atom is -0.347 e. The highest BCUT2D eigenvalue weighted by atomic mass is 15.2. The molecule has 4 nitrogen and oxygen atoms in total. The third-order valence-corrected chi connectivity index (χ3v) is 2.84. The second-order valence-corrected chi connectivity index (χ2v) is 5.99. The number of aromatic nitrogens is 2. The van der Waals surface area contributed by atoms with Gasteiger partial charge in [-0.1, -0.05) is 0 Å². The molecule has 1 heterocycles. The maximum Gasteiger partial charge on any atom is 0.225 e. The van der Waals surface area contributed by atoms with Crippen LogP contribution in [-0.4, -0.2) is 36.1 Å². The highest BCUT2D eigenvalue weighted by molar-refractivity contribution is 5.35. The summed E-state index contributed by atoms with van der Waals surface area (Å²) in [6.07, 6.45) is 0.975. The van der Waals surface area contributed by atoms with Crippen molar-refractivity contribution in [1.29, 1.82) is 0 Å². The van der Waals surface area contributed by atoms with Crippen LogP contribution in [0.5, 0.6) is 0 Å². The van der Waals surface area contributed by atoms with E-state index in [1.165, 1.54) is 5.56 Å². The maximum atomic E-state index is 4.54. The molecule has 1 N–H and O–H groups in total. The normalized spacial score (nSPS) is 11.7. The molecule has 1 rings (SSSR count). The second kappa shape index (κ2) is 5.65. The van der Waals surface area contributed by atoms with Crippen molar-refractivity contribution >= 4 is 5.95 Å². The van der Waals surface area contributed by atoms with E-state index >= 15 is 0 Å². The SMILES string of the molecule is Cc1nc(N(C)C)nc(C)c1CCNC(C)(C)C. The van der Waals surface area contributed by atoms with Gasteiger partial charge in [0.15, 0.2) is 0 Å². The van der Waals surface area contributed by atoms with Crippen molar-refractivity contribution in [3.63, 3.8) is 0 Å². The summed E-state index contributed by atoms with van der Waals surface area (Å²) in [6, 6.07) is 0. The van der Waals surface area contributed by atoms with Crippen LogP contribution >= 0.6 is 0 Å². The fourth-order valence-corrected chi connectivity index (χ4v) is 1.85. The molecule has 4 heteroatoms. The summed E-state index contributed by atoms with van der Waals surface area (Å²) < 4.78 is 0. The van der Waals surface area contributed by atoms with Gasteiger partial charge in [-0.05, 0) is 53.1 Å². The van der Waals surface area contributed by atoms with Gasteiger partial charge in [-0.25, -0.2) is 9.97 Å². The molecule has 0 spiro atoms. The Bertz CT molecular complexity index is 382. The van der Waals surface area contributed by atoms with E-state index in [0.717, 1.165) is 30.3 Å². The Balaban J connectivity index is 2.78. The lowest BCUT2D eigenvalue weighted by molar-refractivity contribution is 0.429. The lowest BCUT2D eigenvalue weighted by Crippen LogP contribution is -2.37. The zero-order valence-corrected chi connectivity index (χ0v) is 12.8. The van der Waals surface area contributed by atoms with E-state index in [-0.39, 0.29) is 5.54 Å². The summed E-state index contributed by atoms with van der Waals surface area (Å²) in [5.41, 5.74) is 3.59. The van der Waals surface area contributed by atoms with Crippen LogP contribution in [0.1, 0.15) is 37.7 Å². The quantitative estimate of drug-likeness (QED) is 0.888. The molecule has 18 heavy (non-hydrogen) atoms. The lowest BCUT2D eigenvalue weighted by Gasteiger charge is -2.21. The molecule has 0 fully saturated rings. The first-order valence-corrected chi connectivity index (χ1v) is 6.47. The van der Waals surface area contributed by atoms with Crippen molar-refractivity contribution in [2.24, 2.45) is 0 Å². The molecule has 0 aliphatic heterocycles. The number of hydrogen-bond donors (Lipinski definition) is 1. The fraction of sp³-hybridized carbons (Fsp3) is 0.714. The highest BCUT2D eigenvalue weighted by Gasteiger charge is 2.12. The molecular formula is C14H26N4. The van der Waals surface area contributed by atoms with Crippen molar-refractivity contribution < 1.29 is 0 Å². The summed E-state index contributed by atoms with van der Waals surface area (Å²) in [5, 5.41) is 3.50. The predicted molar refractivity (Wildman–Crippen MR) is 77.3 cm³/mol. The molecule has 0 saturated carbocycles. The molecule has 0 radical (unpaired) electrons. The first kappa shape index (κ1) is 14.9. The average molecular weight is 250 g/mol. The van der Waals surface area contributed by atoms with Gasteiger partial charge >= 0.3 is 0 Å². The van der Waals surface area contributed by atoms with Crippen LogP contribution in [0.15, 0.2) is 0 Å². The van der Waals surface area contributed by atoms with E-state index in [9.17, 15) is 0 Å². The van der Waals surface area contributed by atoms with Gasteiger partial charge in [0.2, 0.25) is 5.95 Å². The standard InChI is InChI=1S/C14H26N4/c1-10-12(8-9-15-14(3,4)5)11(2)17-13(16-10)18(6)7/h15H,8-9H2,1-7H3. The largest absolute Gasteiger partial charge is 0.347 e. The Morgan fingerprint density at radius 1 is 1.06 bits per heavy atom. The van der Waals surface area contributed by atoms with E-state index in [4.69, 9.17) is 0 Å². The first-order chi connectivity index (χ1) is 8.20. The predicted octanol–water partition coefficient (Wildman–Crippen LogP) is 2.09. The molecule has 0 aromatic carbocycles. The summed E-state index contributed by atoms with van der Waals surface area (Å²) in [5.74, 6) is 0.789. The van der Waals surface area contributed by atoms with Crippen molar-refractivity contribution in [3.8, 4) is 0 Å². The van der Waals surface area contributed by atoms with E-state index in [1.807, 2.05) is 19.0 Å². The number of nitrogens with one attached hydrogen (secondary N) is 1. The first-order valence-electron chi connectivity index (χ1n) is 6.47. The summed E-state index contributed by atoms with van der Waals surface area (Å²) in [6.45, 7) is 11.6. The van der Waals surface area contributed by atoms with Crippen molar-refractivity contribution in [2.75, 3.05) is 25.5 Å². The average Bonchev–Trinajstić information content (AvgIpc) is 2.20. The van der Waals surface area contributed by atoms with Crippen LogP contribution in [-0.2, 0) is 6.42 Å². The van der Waals surface area contributed by atoms with Gasteiger partial charge in [0.1, 0.15) is 0 Å². The molecule has 0 atom stereocenters. The Labute approximate surface area is 111 Å². The molecule has 1 aromatic rings. The van der Waals surface area contributed by atoms with Crippen LogP contribution in [0.2, 0.25) is 0 Å². The van der Waals surface area contributed by atoms with Gasteiger partial charge in [-0.2, -0.15) is 0 Å². The third kappa shape index (κ3) is 4.26. The lowest BCUT2D eigenvalue weighted by atomic mass is 10.1. The fourth-order valence-electron chi connectivity index (χ4n) is 1.85. The molecule has 1 aromatic heterocycles. The van der Waals surface area contributed by atoms with Gasteiger partial charge in [-0.15, -0.1) is 0 Å². The van der Waals surface area contributed by atoms with Crippen molar-refractivity contribution in [3.05, 3.63) is 17.0 Å². The van der Waals surface area contributed by atoms with Gasteiger partial charge < -0.3 is 10.2 Å². The smallest absolute Gasteiger partial charge is 0.225 e. The molecule has 0 saturated heterocycles. The van der Waals surface area contributed by atoms with Gasteiger partial charge in [0, 0.05) is 31.0 Å². The number of anilines is 1. The number of hydrogen-bond acceptors (Lipinski definition) is 4. The third-order valence-electron chi connectivity index (χ3n) is 2.84. The minimum atomic E-state index is 0.159. The maximum absolute atomic E-state index is 4.54. The Hall–Kier alpha value is -1.16. The Kier molecular flexibility index (Phi) is 4.68. The van der Waals surface area contributed by atoms with E-state index in [2.05, 4.69) is 49.9 Å². The minimum absolute atomic E-state index is 0.159. The molecular weight excluding hydrogens is 224 g/mol. The number of aryl methyl sites for hydroxylation is 2. The van der Waals surface area contributed by atoms with E-state index in [1.54, 1.807) is 0 Å². The van der Waals surface area contributed by atoms with Gasteiger partial charge in [0.25, 0.3) is 0 Å². The molecule has 0 aliphatic rings. The van der Waals surface area contributed by atoms with Crippen LogP contribution < -0.4 is 10.2 Å². The van der Waals surface area contributed by atoms with Gasteiger partial charge in [0.05, 0.1) is 0 Å². The number of rotatable bonds is 4. The van der Waals surface area contributed by atoms with E-state index < -0.39 is 0 Å². The molecule has 0 aliphatic carbocycles. The monoisotopic (exact) mass is 250 g/mol. The second-order valence-electron chi connectivity index (χ2n) is 5.99. The van der Waals surface area contributed by atoms with E-state index in [0.29, 0.717) is 0 Å². The summed E-state index contributed by atoms with van der Waals surface area (Å²) in [4.78, 5) is 11.0. The van der Waals surface area contributed by atoms with Crippen molar-refractivity contribution in [2.45, 2.75) is 46.6 Å². The zero-order valence-electron chi connectivity index (χ0n) is 12.8. The summed E-state index contributed by atoms with van der Waals surface area (Å²) in [7, 11) is 3.93. The van der Waals surface area contributed by atoms with Crippen LogP contribution in [0.3, 0.4) is 0 Å². The molecule has 0 unspecified atom stereocenters. The summed E-state index contributed by atoms with van der Waals surface area (Å²) >= 11 is 0. The molecule has 0 amide bonds. The van der Waals surface area contributed by atoms with Crippen LogP contribution in [0, 0.1) is 13.8 Å². The highest BCUT2D eigenvalue weighted by Crippen LogP contribution is 2.14. The van der Waals surface area contributed by atoms with Crippen molar-refractivity contribution in [1.82, 2.24) is 15.3 Å². The number of nitrogens with zero attached hydrogens (tertiary/aromatic N) is 3. The topological polar surface area (TPSA) is 41.1 Å². The Morgan fingerprint density at radius 2 is 1.56 bits per heavy atom. The van der Waals surface area contributed by atoms with Gasteiger partial charge in [-0.3, -0.25) is 0 Å².